The Balaban J connectivity index is 2.39. The van der Waals surface area contributed by atoms with Crippen LogP contribution in [0.2, 0.25) is 0 Å². The number of benzene rings is 1. The van der Waals surface area contributed by atoms with Gasteiger partial charge in [-0.1, -0.05) is 0 Å². The molecule has 1 aliphatic rings. The number of nitrogens with two attached hydrogens (primary N) is 1. The molecule has 0 aromatic heterocycles. The fourth-order valence-corrected chi connectivity index (χ4v) is 2.25. The van der Waals surface area contributed by atoms with E-state index in [-0.39, 0.29) is 11.6 Å². The van der Waals surface area contributed by atoms with Crippen LogP contribution in [0.25, 0.3) is 0 Å². The first-order valence-corrected chi connectivity index (χ1v) is 6.94. The molecule has 7 heteroatoms. The molecule has 0 unspecified atom stereocenters. The van der Waals surface area contributed by atoms with E-state index in [0.29, 0.717) is 0 Å². The predicted octanol–water partition coefficient (Wildman–Crippen LogP) is 0.707. The van der Waals surface area contributed by atoms with Crippen molar-refractivity contribution in [2.75, 3.05) is 7.05 Å². The van der Waals surface area contributed by atoms with Crippen LogP contribution < -0.4 is 5.14 Å². The Labute approximate surface area is 104 Å². The van der Waals surface area contributed by atoms with Crippen molar-refractivity contribution in [3.63, 3.8) is 0 Å². The maximum Gasteiger partial charge on any atom is 0.253 e. The van der Waals surface area contributed by atoms with Crippen molar-refractivity contribution in [3.8, 4) is 0 Å². The number of hydrogen-bond donors (Lipinski definition) is 1. The molecule has 1 aromatic carbocycles. The fourth-order valence-electron chi connectivity index (χ4n) is 1.68. The Kier molecular flexibility index (Phi) is 3.12. The van der Waals surface area contributed by atoms with E-state index in [4.69, 9.17) is 5.14 Å². The average molecular weight is 272 g/mol. The molecule has 0 spiro atoms. The van der Waals surface area contributed by atoms with Crippen LogP contribution in [0.5, 0.6) is 0 Å². The highest BCUT2D eigenvalue weighted by atomic mass is 32.2. The molecule has 98 valence electrons. The fraction of sp³-hybridized carbons (Fsp3) is 0.364. The first-order chi connectivity index (χ1) is 8.29. The smallest absolute Gasteiger partial charge is 0.253 e. The Morgan fingerprint density at radius 2 is 2.00 bits per heavy atom. The quantitative estimate of drug-likeness (QED) is 0.879. The topological polar surface area (TPSA) is 80.5 Å². The molecule has 0 bridgehead atoms. The molecular weight excluding hydrogens is 259 g/mol. The standard InChI is InChI=1S/C11H13FN2O3S/c1-14(9-2-3-9)11(15)7-4-8(12)6-10(5-7)18(13,16)17/h4-6,9H,2-3H2,1H3,(H2,13,16,17). The molecule has 0 heterocycles. The van der Waals surface area contributed by atoms with Gasteiger partial charge in [0.2, 0.25) is 10.0 Å². The number of primary sulfonamides is 1. The average Bonchev–Trinajstić information content (AvgIpc) is 3.08. The van der Waals surface area contributed by atoms with Crippen LogP contribution in [-0.4, -0.2) is 32.3 Å². The summed E-state index contributed by atoms with van der Waals surface area (Å²) in [5, 5.41) is 4.92. The van der Waals surface area contributed by atoms with Crippen molar-refractivity contribution in [1.29, 1.82) is 0 Å². The lowest BCUT2D eigenvalue weighted by Gasteiger charge is -2.16. The molecule has 0 radical (unpaired) electrons. The van der Waals surface area contributed by atoms with Gasteiger partial charge in [-0.25, -0.2) is 17.9 Å². The van der Waals surface area contributed by atoms with Crippen molar-refractivity contribution in [2.24, 2.45) is 5.14 Å². The summed E-state index contributed by atoms with van der Waals surface area (Å²) in [5.74, 6) is -1.20. The lowest BCUT2D eigenvalue weighted by molar-refractivity contribution is 0.0784. The molecule has 1 fully saturated rings. The molecule has 0 saturated heterocycles. The van der Waals surface area contributed by atoms with Gasteiger partial charge < -0.3 is 4.90 Å². The number of rotatable bonds is 3. The molecule has 1 aromatic rings. The zero-order chi connectivity index (χ0) is 13.5. The van der Waals surface area contributed by atoms with Crippen LogP contribution in [0, 0.1) is 5.82 Å². The molecule has 5 nitrogen and oxygen atoms in total. The van der Waals surface area contributed by atoms with Crippen molar-refractivity contribution in [2.45, 2.75) is 23.8 Å². The van der Waals surface area contributed by atoms with Gasteiger partial charge in [0.15, 0.2) is 0 Å². The van der Waals surface area contributed by atoms with E-state index in [1.54, 1.807) is 7.05 Å². The van der Waals surface area contributed by atoms with E-state index in [2.05, 4.69) is 0 Å². The number of carbonyl (C=O) groups excluding carboxylic acids is 1. The largest absolute Gasteiger partial charge is 0.339 e. The van der Waals surface area contributed by atoms with Gasteiger partial charge in [-0.2, -0.15) is 0 Å². The number of sulfonamides is 1. The van der Waals surface area contributed by atoms with E-state index in [0.717, 1.165) is 31.0 Å². The number of amides is 1. The van der Waals surface area contributed by atoms with Gasteiger partial charge in [-0.3, -0.25) is 4.79 Å². The minimum atomic E-state index is -4.02. The van der Waals surface area contributed by atoms with Crippen LogP contribution >= 0.6 is 0 Å². The van der Waals surface area contributed by atoms with Gasteiger partial charge in [0, 0.05) is 18.7 Å². The van der Waals surface area contributed by atoms with Crippen LogP contribution in [-0.2, 0) is 10.0 Å². The normalized spacial score (nSPS) is 15.5. The minimum absolute atomic E-state index is 0.00609. The molecule has 18 heavy (non-hydrogen) atoms. The van der Waals surface area contributed by atoms with E-state index in [1.165, 1.54) is 4.90 Å². The van der Waals surface area contributed by atoms with Crippen molar-refractivity contribution < 1.29 is 17.6 Å². The summed E-state index contributed by atoms with van der Waals surface area (Å²) in [4.78, 5) is 13.1. The SMILES string of the molecule is CN(C(=O)c1cc(F)cc(S(N)(=O)=O)c1)C1CC1. The maximum atomic E-state index is 13.3. The summed E-state index contributed by atoms with van der Waals surface area (Å²) in [5.41, 5.74) is -0.00609. The lowest BCUT2D eigenvalue weighted by atomic mass is 10.2. The number of nitrogens with zero attached hydrogens (tertiary/aromatic N) is 1. The molecule has 0 aliphatic heterocycles. The van der Waals surface area contributed by atoms with Gasteiger partial charge in [0.25, 0.3) is 5.91 Å². The van der Waals surface area contributed by atoms with Gasteiger partial charge in [-0.15, -0.1) is 0 Å². The molecule has 1 amide bonds. The Morgan fingerprint density at radius 3 is 2.50 bits per heavy atom. The summed E-state index contributed by atoms with van der Waals surface area (Å²) in [7, 11) is -2.41. The minimum Gasteiger partial charge on any atom is -0.339 e. The zero-order valence-corrected chi connectivity index (χ0v) is 10.6. The number of hydrogen-bond acceptors (Lipinski definition) is 3. The highest BCUT2D eigenvalue weighted by Crippen LogP contribution is 2.27. The van der Waals surface area contributed by atoms with Gasteiger partial charge >= 0.3 is 0 Å². The third-order valence-electron chi connectivity index (χ3n) is 2.86. The molecular formula is C11H13FN2O3S. The Morgan fingerprint density at radius 1 is 1.39 bits per heavy atom. The third-order valence-corrected chi connectivity index (χ3v) is 3.75. The molecule has 0 atom stereocenters. The van der Waals surface area contributed by atoms with E-state index in [1.807, 2.05) is 0 Å². The van der Waals surface area contributed by atoms with E-state index in [9.17, 15) is 17.6 Å². The van der Waals surface area contributed by atoms with Gasteiger partial charge in [-0.05, 0) is 31.0 Å². The Hall–Kier alpha value is -1.47. The second-order valence-corrected chi connectivity index (χ2v) is 5.93. The van der Waals surface area contributed by atoms with Crippen LogP contribution in [0.3, 0.4) is 0 Å². The van der Waals surface area contributed by atoms with Gasteiger partial charge in [0.1, 0.15) is 5.82 Å². The summed E-state index contributed by atoms with van der Waals surface area (Å²) < 4.78 is 35.6. The van der Waals surface area contributed by atoms with Crippen molar-refractivity contribution >= 4 is 15.9 Å². The number of carbonyl (C=O) groups is 1. The van der Waals surface area contributed by atoms with E-state index >= 15 is 0 Å². The summed E-state index contributed by atoms with van der Waals surface area (Å²) in [6.45, 7) is 0. The summed E-state index contributed by atoms with van der Waals surface area (Å²) >= 11 is 0. The summed E-state index contributed by atoms with van der Waals surface area (Å²) in [6.07, 6.45) is 1.83. The highest BCUT2D eigenvalue weighted by Gasteiger charge is 2.30. The van der Waals surface area contributed by atoms with Crippen LogP contribution in [0.1, 0.15) is 23.2 Å². The Bertz CT molecular complexity index is 596. The predicted molar refractivity (Wildman–Crippen MR) is 62.9 cm³/mol. The molecule has 1 saturated carbocycles. The molecule has 2 rings (SSSR count). The second-order valence-electron chi connectivity index (χ2n) is 4.37. The van der Waals surface area contributed by atoms with Crippen LogP contribution in [0.15, 0.2) is 23.1 Å². The molecule has 2 N–H and O–H groups in total. The third kappa shape index (κ3) is 2.68. The first kappa shape index (κ1) is 13.0. The maximum absolute atomic E-state index is 13.3. The molecule has 1 aliphatic carbocycles. The first-order valence-electron chi connectivity index (χ1n) is 5.39. The van der Waals surface area contributed by atoms with E-state index < -0.39 is 26.6 Å². The van der Waals surface area contributed by atoms with Crippen molar-refractivity contribution in [3.05, 3.63) is 29.6 Å². The van der Waals surface area contributed by atoms with Gasteiger partial charge in [0.05, 0.1) is 4.90 Å². The second kappa shape index (κ2) is 4.33. The lowest BCUT2D eigenvalue weighted by Crippen LogP contribution is -2.29. The highest BCUT2D eigenvalue weighted by molar-refractivity contribution is 7.89. The van der Waals surface area contributed by atoms with Crippen LogP contribution in [0.4, 0.5) is 4.39 Å². The monoisotopic (exact) mass is 272 g/mol. The van der Waals surface area contributed by atoms with Crippen molar-refractivity contribution in [1.82, 2.24) is 4.90 Å². The summed E-state index contributed by atoms with van der Waals surface area (Å²) in [6, 6.07) is 3.07. The number of halogens is 1. The zero-order valence-electron chi connectivity index (χ0n) is 9.76.